The van der Waals surface area contributed by atoms with Crippen molar-refractivity contribution in [3.05, 3.63) is 35.9 Å². The van der Waals surface area contributed by atoms with E-state index in [1.54, 1.807) is 10.9 Å². The molecule has 0 aliphatic carbocycles. The third kappa shape index (κ3) is 4.26. The third-order valence-electron chi connectivity index (χ3n) is 4.11. The van der Waals surface area contributed by atoms with Gasteiger partial charge in [0.25, 0.3) is 9.96 Å². The number of carboxylic acid groups (broad SMARTS) is 1. The van der Waals surface area contributed by atoms with Gasteiger partial charge in [-0.1, -0.05) is 45.8 Å². The summed E-state index contributed by atoms with van der Waals surface area (Å²) in [6, 6.07) is -0.769. The van der Waals surface area contributed by atoms with Gasteiger partial charge in [-0.3, -0.25) is 19.3 Å². The predicted molar refractivity (Wildman–Crippen MR) is 112 cm³/mol. The normalized spacial score (nSPS) is 21.0. The number of carboxylic acids is 1. The van der Waals surface area contributed by atoms with Crippen LogP contribution in [0.15, 0.2) is 31.3 Å². The molecule has 1 saturated heterocycles. The van der Waals surface area contributed by atoms with Crippen LogP contribution in [0, 0.1) is 0 Å². The van der Waals surface area contributed by atoms with Gasteiger partial charge in [0.05, 0.1) is 6.42 Å². The van der Waals surface area contributed by atoms with Gasteiger partial charge in [0.15, 0.2) is 4.34 Å². The molecule has 1 fully saturated rings. The van der Waals surface area contributed by atoms with Crippen molar-refractivity contribution >= 4 is 75.3 Å². The highest BCUT2D eigenvalue weighted by atomic mass is 32.2. The van der Waals surface area contributed by atoms with Crippen molar-refractivity contribution in [3.8, 4) is 0 Å². The van der Waals surface area contributed by atoms with Crippen LogP contribution in [0.1, 0.15) is 4.88 Å². The van der Waals surface area contributed by atoms with Crippen molar-refractivity contribution in [1.29, 1.82) is 0 Å². The molecule has 29 heavy (non-hydrogen) atoms. The first kappa shape index (κ1) is 20.5. The molecule has 0 spiro atoms. The van der Waals surface area contributed by atoms with Crippen molar-refractivity contribution in [3.63, 3.8) is 0 Å². The second kappa shape index (κ2) is 8.55. The SMILES string of the molecule is O=C(Cc1csc(=O)s1)NC1C(=O)N2C(C(=O)O)=C(CSc3nncs3)CSC12. The van der Waals surface area contributed by atoms with Crippen LogP contribution in [0.5, 0.6) is 0 Å². The zero-order valence-corrected chi connectivity index (χ0v) is 18.5. The molecule has 0 bridgehead atoms. The largest absolute Gasteiger partial charge is 0.477 e. The highest BCUT2D eigenvalue weighted by Gasteiger charge is 2.54. The van der Waals surface area contributed by atoms with Crippen LogP contribution >= 0.6 is 57.5 Å². The van der Waals surface area contributed by atoms with Crippen LogP contribution in [-0.2, 0) is 20.8 Å². The van der Waals surface area contributed by atoms with E-state index in [0.29, 0.717) is 22.0 Å². The fourth-order valence-electron chi connectivity index (χ4n) is 2.90. The van der Waals surface area contributed by atoms with Crippen LogP contribution in [0.25, 0.3) is 0 Å². The predicted octanol–water partition coefficient (Wildman–Crippen LogP) is 1.09. The number of amides is 2. The Morgan fingerprint density at radius 2 is 2.17 bits per heavy atom. The van der Waals surface area contributed by atoms with Gasteiger partial charge in [0.1, 0.15) is 22.6 Å². The maximum Gasteiger partial charge on any atom is 0.352 e. The van der Waals surface area contributed by atoms with Gasteiger partial charge < -0.3 is 10.4 Å². The maximum atomic E-state index is 12.6. The van der Waals surface area contributed by atoms with E-state index in [2.05, 4.69) is 15.5 Å². The first-order valence-corrected chi connectivity index (χ1v) is 12.7. The minimum absolute atomic E-state index is 0.0164. The lowest BCUT2D eigenvalue weighted by molar-refractivity contribution is -0.150. The highest BCUT2D eigenvalue weighted by molar-refractivity contribution is 8.01. The van der Waals surface area contributed by atoms with E-state index in [4.69, 9.17) is 0 Å². The number of aliphatic carboxylic acids is 1. The quantitative estimate of drug-likeness (QED) is 0.434. The smallest absolute Gasteiger partial charge is 0.352 e. The van der Waals surface area contributed by atoms with Crippen LogP contribution in [0.3, 0.4) is 0 Å². The zero-order chi connectivity index (χ0) is 20.5. The fraction of sp³-hybridized carbons (Fsp3) is 0.333. The van der Waals surface area contributed by atoms with Gasteiger partial charge in [0, 0.05) is 21.8 Å². The molecule has 0 aromatic carbocycles. The minimum atomic E-state index is -1.16. The second-order valence-electron chi connectivity index (χ2n) is 5.94. The van der Waals surface area contributed by atoms with Gasteiger partial charge in [-0.05, 0) is 5.57 Å². The first-order valence-electron chi connectivity index (χ1n) is 8.10. The van der Waals surface area contributed by atoms with Crippen molar-refractivity contribution in [2.24, 2.45) is 0 Å². The molecular formula is C15H12N4O5S5. The average molecular weight is 489 g/mol. The number of aromatic nitrogens is 2. The Morgan fingerprint density at radius 1 is 1.34 bits per heavy atom. The van der Waals surface area contributed by atoms with E-state index in [0.717, 1.165) is 27.0 Å². The van der Waals surface area contributed by atoms with Crippen molar-refractivity contribution in [1.82, 2.24) is 20.4 Å². The summed E-state index contributed by atoms with van der Waals surface area (Å²) in [7, 11) is 0. The van der Waals surface area contributed by atoms with Crippen molar-refractivity contribution < 1.29 is 19.5 Å². The van der Waals surface area contributed by atoms with Crippen LogP contribution in [0.4, 0.5) is 0 Å². The Hall–Kier alpha value is -1.74. The molecule has 14 heteroatoms. The Bertz CT molecular complexity index is 1050. The molecule has 0 saturated carbocycles. The molecular weight excluding hydrogens is 477 g/mol. The average Bonchev–Trinajstić information content (AvgIpc) is 3.35. The molecule has 4 rings (SSSR count). The molecule has 2 atom stereocenters. The van der Waals surface area contributed by atoms with E-state index in [1.807, 2.05) is 0 Å². The Balaban J connectivity index is 1.44. The van der Waals surface area contributed by atoms with Crippen molar-refractivity contribution in [2.75, 3.05) is 11.5 Å². The molecule has 0 radical (unpaired) electrons. The summed E-state index contributed by atoms with van der Waals surface area (Å²) in [5, 5.41) is 21.2. The molecule has 2 N–H and O–H groups in total. The van der Waals surface area contributed by atoms with E-state index >= 15 is 0 Å². The molecule has 2 aromatic rings. The van der Waals surface area contributed by atoms with E-state index < -0.39 is 23.3 Å². The standard InChI is InChI=1S/C15H12N4O5S5/c20-8(1-7-4-27-15(24)29-7)17-9-11(21)19-10(13(22)23)6(2-25-12(9)19)3-26-14-18-16-5-28-14/h4-5,9,12H,1-3H2,(H,17,20)(H,22,23). The van der Waals surface area contributed by atoms with Crippen molar-refractivity contribution in [2.45, 2.75) is 22.2 Å². The summed E-state index contributed by atoms with van der Waals surface area (Å²) in [6.07, 6.45) is 0.0237. The number of carbonyl (C=O) groups is 3. The van der Waals surface area contributed by atoms with Crippen LogP contribution in [0.2, 0.25) is 0 Å². The Labute approximate surface area is 184 Å². The molecule has 2 amide bonds. The van der Waals surface area contributed by atoms with Gasteiger partial charge in [0.2, 0.25) is 5.91 Å². The summed E-state index contributed by atoms with van der Waals surface area (Å²) < 4.78 is 0.641. The topological polar surface area (TPSA) is 130 Å². The number of hydrogen-bond donors (Lipinski definition) is 2. The third-order valence-corrected chi connectivity index (χ3v) is 9.37. The summed E-state index contributed by atoms with van der Waals surface area (Å²) in [4.78, 5) is 49.8. The van der Waals surface area contributed by atoms with E-state index in [9.17, 15) is 24.3 Å². The lowest BCUT2D eigenvalue weighted by atomic mass is 10.0. The Morgan fingerprint density at radius 3 is 2.83 bits per heavy atom. The van der Waals surface area contributed by atoms with Crippen LogP contribution < -0.4 is 9.37 Å². The number of nitrogens with one attached hydrogen (secondary N) is 1. The lowest BCUT2D eigenvalue weighted by Gasteiger charge is -2.49. The van der Waals surface area contributed by atoms with Gasteiger partial charge in [-0.2, -0.15) is 0 Å². The monoisotopic (exact) mass is 488 g/mol. The second-order valence-corrected chi connectivity index (χ2v) is 11.3. The molecule has 9 nitrogen and oxygen atoms in total. The van der Waals surface area contributed by atoms with Gasteiger partial charge in [-0.15, -0.1) is 22.0 Å². The lowest BCUT2D eigenvalue weighted by Crippen LogP contribution is -2.70. The minimum Gasteiger partial charge on any atom is -0.477 e. The van der Waals surface area contributed by atoms with E-state index in [-0.39, 0.29) is 22.1 Å². The number of rotatable bonds is 7. The molecule has 2 aliphatic rings. The summed E-state index contributed by atoms with van der Waals surface area (Å²) in [6.45, 7) is 0. The number of nitrogens with zero attached hydrogens (tertiary/aromatic N) is 3. The number of fused-ring (bicyclic) bond motifs is 1. The number of carbonyl (C=O) groups excluding carboxylic acids is 2. The Kier molecular flexibility index (Phi) is 6.06. The van der Waals surface area contributed by atoms with E-state index in [1.165, 1.54) is 39.8 Å². The van der Waals surface area contributed by atoms with Gasteiger partial charge >= 0.3 is 5.97 Å². The highest BCUT2D eigenvalue weighted by Crippen LogP contribution is 2.41. The summed E-state index contributed by atoms with van der Waals surface area (Å²) >= 11 is 6.20. The maximum absolute atomic E-state index is 12.6. The number of thioether (sulfide) groups is 2. The molecule has 152 valence electrons. The number of β-lactam (4-membered cyclic amide) rings is 1. The van der Waals surface area contributed by atoms with Crippen LogP contribution in [-0.4, -0.2) is 60.9 Å². The fourth-order valence-corrected chi connectivity index (χ4v) is 7.59. The molecule has 2 aromatic heterocycles. The summed E-state index contributed by atoms with van der Waals surface area (Å²) in [5.74, 6) is -1.13. The molecule has 4 heterocycles. The molecule has 2 unspecified atom stereocenters. The molecule has 2 aliphatic heterocycles. The zero-order valence-electron chi connectivity index (χ0n) is 14.4. The first-order chi connectivity index (χ1) is 13.9. The summed E-state index contributed by atoms with van der Waals surface area (Å²) in [5.41, 5.74) is 2.22. The van der Waals surface area contributed by atoms with Gasteiger partial charge in [-0.25, -0.2) is 4.79 Å². The number of hydrogen-bond acceptors (Lipinski definition) is 11.